The van der Waals surface area contributed by atoms with E-state index in [1.54, 1.807) is 17.0 Å². The monoisotopic (exact) mass is 349 g/mol. The van der Waals surface area contributed by atoms with E-state index >= 15 is 0 Å². The van der Waals surface area contributed by atoms with Gasteiger partial charge in [-0.2, -0.15) is 0 Å². The maximum atomic E-state index is 12.4. The minimum atomic E-state index is -0.540. The topological polar surface area (TPSA) is 84.7 Å². The lowest BCUT2D eigenvalue weighted by atomic mass is 10.1. The molecule has 1 atom stereocenters. The molecule has 0 aromatic heterocycles. The number of hydrogen-bond donors (Lipinski definition) is 1. The maximum Gasteiger partial charge on any atom is 0.410 e. The smallest absolute Gasteiger partial charge is 0.410 e. The minimum Gasteiger partial charge on any atom is -0.444 e. The van der Waals surface area contributed by atoms with Gasteiger partial charge in [-0.15, -0.1) is 0 Å². The zero-order valence-corrected chi connectivity index (χ0v) is 15.4. The summed E-state index contributed by atoms with van der Waals surface area (Å²) in [5, 5.41) is 14.5. The molecule has 0 radical (unpaired) electrons. The molecule has 1 aromatic rings. The van der Waals surface area contributed by atoms with Gasteiger partial charge in [0.25, 0.3) is 5.69 Å². The van der Waals surface area contributed by atoms with Crippen molar-refractivity contribution in [1.29, 1.82) is 0 Å². The Morgan fingerprint density at radius 2 is 2.08 bits per heavy atom. The van der Waals surface area contributed by atoms with Crippen LogP contribution in [0.1, 0.15) is 45.6 Å². The summed E-state index contributed by atoms with van der Waals surface area (Å²) in [5.74, 6) is 0. The summed E-state index contributed by atoms with van der Waals surface area (Å²) < 4.78 is 5.46. The fourth-order valence-corrected chi connectivity index (χ4v) is 2.89. The first-order valence-corrected chi connectivity index (χ1v) is 8.65. The van der Waals surface area contributed by atoms with Crippen LogP contribution in [0.15, 0.2) is 18.2 Å². The van der Waals surface area contributed by atoms with Crippen LogP contribution in [0.5, 0.6) is 0 Å². The Morgan fingerprint density at radius 3 is 2.72 bits per heavy atom. The summed E-state index contributed by atoms with van der Waals surface area (Å²) >= 11 is 0. The number of rotatable bonds is 3. The maximum absolute atomic E-state index is 12.4. The van der Waals surface area contributed by atoms with Gasteiger partial charge in [-0.3, -0.25) is 10.1 Å². The number of anilines is 1. The first-order valence-electron chi connectivity index (χ1n) is 8.65. The molecular weight excluding hydrogens is 322 g/mol. The fraction of sp³-hybridized carbons (Fsp3) is 0.611. The second-order valence-corrected chi connectivity index (χ2v) is 7.54. The molecule has 7 heteroatoms. The van der Waals surface area contributed by atoms with E-state index in [1.807, 2.05) is 33.8 Å². The summed E-state index contributed by atoms with van der Waals surface area (Å²) in [6.07, 6.45) is 2.37. The normalized spacial score (nSPS) is 18.4. The molecule has 25 heavy (non-hydrogen) atoms. The summed E-state index contributed by atoms with van der Waals surface area (Å²) in [4.78, 5) is 25.0. The van der Waals surface area contributed by atoms with E-state index in [9.17, 15) is 14.9 Å². The molecule has 138 valence electrons. The molecule has 1 heterocycles. The van der Waals surface area contributed by atoms with Crippen LogP contribution in [0.25, 0.3) is 0 Å². The number of benzene rings is 1. The highest BCUT2D eigenvalue weighted by atomic mass is 16.6. The fourth-order valence-electron chi connectivity index (χ4n) is 2.89. The largest absolute Gasteiger partial charge is 0.444 e. The van der Waals surface area contributed by atoms with Crippen molar-refractivity contribution in [3.8, 4) is 0 Å². The van der Waals surface area contributed by atoms with Gasteiger partial charge in [0.05, 0.1) is 4.92 Å². The number of nitrogens with zero attached hydrogens (tertiary/aromatic N) is 2. The standard InChI is InChI=1S/C18H27N3O4/c1-13-8-9-15(16(11-13)21(23)24)19-14-7-5-6-10-20(12-14)17(22)25-18(2,3)4/h8-9,11,14,19H,5-7,10,12H2,1-4H3/t14-/m1/s1. The van der Waals surface area contributed by atoms with Gasteiger partial charge >= 0.3 is 6.09 Å². The van der Waals surface area contributed by atoms with Crippen LogP contribution in [0.2, 0.25) is 0 Å². The number of hydrogen-bond acceptors (Lipinski definition) is 5. The van der Waals surface area contributed by atoms with E-state index in [0.717, 1.165) is 24.8 Å². The second kappa shape index (κ2) is 7.72. The highest BCUT2D eigenvalue weighted by Crippen LogP contribution is 2.27. The van der Waals surface area contributed by atoms with Gasteiger partial charge in [-0.05, 0) is 58.6 Å². The summed E-state index contributed by atoms with van der Waals surface area (Å²) in [7, 11) is 0. The predicted octanol–water partition coefficient (Wildman–Crippen LogP) is 4.10. The first-order chi connectivity index (χ1) is 11.7. The number of ether oxygens (including phenoxy) is 1. The molecule has 0 bridgehead atoms. The Kier molecular flexibility index (Phi) is 5.87. The Balaban J connectivity index is 2.11. The Labute approximate surface area is 148 Å². The van der Waals surface area contributed by atoms with Gasteiger partial charge in [-0.25, -0.2) is 4.79 Å². The molecule has 1 N–H and O–H groups in total. The van der Waals surface area contributed by atoms with E-state index in [-0.39, 0.29) is 22.7 Å². The van der Waals surface area contributed by atoms with Crippen LogP contribution in [0, 0.1) is 17.0 Å². The SMILES string of the molecule is Cc1ccc(N[C@@H]2CCCCN(C(=O)OC(C)(C)C)C2)c([N+](=O)[O-])c1. The number of nitro groups is 1. The van der Waals surface area contributed by atoms with Crippen LogP contribution < -0.4 is 5.32 Å². The molecule has 1 fully saturated rings. The van der Waals surface area contributed by atoms with Crippen molar-refractivity contribution < 1.29 is 14.5 Å². The zero-order valence-electron chi connectivity index (χ0n) is 15.4. The quantitative estimate of drug-likeness (QED) is 0.656. The molecule has 1 aliphatic rings. The Morgan fingerprint density at radius 1 is 1.36 bits per heavy atom. The average molecular weight is 349 g/mol. The van der Waals surface area contributed by atoms with Crippen molar-refractivity contribution in [2.45, 2.75) is 58.6 Å². The van der Waals surface area contributed by atoms with E-state index in [2.05, 4.69) is 5.32 Å². The highest BCUT2D eigenvalue weighted by Gasteiger charge is 2.27. The van der Waals surface area contributed by atoms with E-state index in [1.165, 1.54) is 0 Å². The van der Waals surface area contributed by atoms with Crippen molar-refractivity contribution in [3.63, 3.8) is 0 Å². The van der Waals surface area contributed by atoms with Crippen LogP contribution in [-0.4, -0.2) is 40.6 Å². The third kappa shape index (κ3) is 5.62. The number of aryl methyl sites for hydroxylation is 1. The Hall–Kier alpha value is -2.31. The first kappa shape index (κ1) is 19.0. The van der Waals surface area contributed by atoms with Crippen LogP contribution in [0.4, 0.5) is 16.2 Å². The summed E-state index contributed by atoms with van der Waals surface area (Å²) in [6.45, 7) is 8.46. The number of amides is 1. The van der Waals surface area contributed by atoms with E-state index in [0.29, 0.717) is 18.8 Å². The number of likely N-dealkylation sites (tertiary alicyclic amines) is 1. The molecule has 0 unspecified atom stereocenters. The van der Waals surface area contributed by atoms with Crippen molar-refractivity contribution in [2.24, 2.45) is 0 Å². The third-order valence-corrected chi connectivity index (χ3v) is 4.03. The van der Waals surface area contributed by atoms with Crippen molar-refractivity contribution in [3.05, 3.63) is 33.9 Å². The lowest BCUT2D eigenvalue weighted by Gasteiger charge is -2.28. The van der Waals surface area contributed by atoms with Crippen LogP contribution in [0.3, 0.4) is 0 Å². The van der Waals surface area contributed by atoms with Crippen LogP contribution >= 0.6 is 0 Å². The van der Waals surface area contributed by atoms with Gasteiger partial charge in [0, 0.05) is 25.2 Å². The molecule has 1 aliphatic heterocycles. The predicted molar refractivity (Wildman–Crippen MR) is 96.9 cm³/mol. The minimum absolute atomic E-state index is 0.0450. The molecule has 7 nitrogen and oxygen atoms in total. The van der Waals surface area contributed by atoms with Gasteiger partial charge in [0.1, 0.15) is 11.3 Å². The number of carbonyl (C=O) groups is 1. The van der Waals surface area contributed by atoms with Gasteiger partial charge in [0.2, 0.25) is 0 Å². The van der Waals surface area contributed by atoms with Crippen molar-refractivity contribution >= 4 is 17.5 Å². The zero-order chi connectivity index (χ0) is 18.6. The molecule has 0 saturated carbocycles. The average Bonchev–Trinajstić information content (AvgIpc) is 2.73. The summed E-state index contributed by atoms with van der Waals surface area (Å²) in [6, 6.07) is 5.09. The molecule has 0 spiro atoms. The van der Waals surface area contributed by atoms with E-state index < -0.39 is 5.60 Å². The van der Waals surface area contributed by atoms with Crippen molar-refractivity contribution in [2.75, 3.05) is 18.4 Å². The van der Waals surface area contributed by atoms with Gasteiger partial charge in [0.15, 0.2) is 0 Å². The van der Waals surface area contributed by atoms with Gasteiger partial charge < -0.3 is 15.0 Å². The number of carbonyl (C=O) groups excluding carboxylic acids is 1. The molecule has 1 saturated heterocycles. The molecular formula is C18H27N3O4. The Bertz CT molecular complexity index is 640. The van der Waals surface area contributed by atoms with Gasteiger partial charge in [-0.1, -0.05) is 6.07 Å². The number of nitrogens with one attached hydrogen (secondary N) is 1. The molecule has 0 aliphatic carbocycles. The molecule has 1 amide bonds. The molecule has 1 aromatic carbocycles. The summed E-state index contributed by atoms with van der Waals surface area (Å²) in [5.41, 5.74) is 0.857. The third-order valence-electron chi connectivity index (χ3n) is 4.03. The van der Waals surface area contributed by atoms with Crippen molar-refractivity contribution in [1.82, 2.24) is 4.90 Å². The lowest BCUT2D eigenvalue weighted by Crippen LogP contribution is -2.42. The lowest BCUT2D eigenvalue weighted by molar-refractivity contribution is -0.384. The highest BCUT2D eigenvalue weighted by molar-refractivity contribution is 5.68. The second-order valence-electron chi connectivity index (χ2n) is 7.54. The molecule has 2 rings (SSSR count). The number of nitro benzene ring substituents is 1. The van der Waals surface area contributed by atoms with Crippen LogP contribution in [-0.2, 0) is 4.74 Å². The van der Waals surface area contributed by atoms with E-state index in [4.69, 9.17) is 4.74 Å².